The maximum absolute atomic E-state index is 9.38. The summed E-state index contributed by atoms with van der Waals surface area (Å²) < 4.78 is 7.50. The van der Waals surface area contributed by atoms with Gasteiger partial charge in [0.15, 0.2) is 5.82 Å². The zero-order valence-corrected chi connectivity index (χ0v) is 16.3. The van der Waals surface area contributed by atoms with Crippen molar-refractivity contribution in [1.29, 1.82) is 0 Å². The van der Waals surface area contributed by atoms with Crippen molar-refractivity contribution < 1.29 is 9.84 Å². The van der Waals surface area contributed by atoms with Crippen molar-refractivity contribution in [3.05, 3.63) is 47.9 Å². The molecule has 6 heteroatoms. The molecular weight excluding hydrogens is 340 g/mol. The van der Waals surface area contributed by atoms with Crippen LogP contribution < -0.4 is 10.1 Å². The Hall–Kier alpha value is -2.60. The first-order chi connectivity index (χ1) is 13.1. The molecular formula is C21H28N4O2. The van der Waals surface area contributed by atoms with Gasteiger partial charge in [-0.15, -0.1) is 0 Å². The second-order valence-electron chi connectivity index (χ2n) is 6.79. The molecule has 0 aliphatic rings. The number of methoxy groups -OCH3 is 1. The third-order valence-corrected chi connectivity index (χ3v) is 4.66. The van der Waals surface area contributed by atoms with E-state index in [0.717, 1.165) is 46.8 Å². The van der Waals surface area contributed by atoms with Gasteiger partial charge in [0, 0.05) is 25.4 Å². The van der Waals surface area contributed by atoms with Crippen LogP contribution in [0, 0.1) is 6.92 Å². The molecule has 6 nitrogen and oxygen atoms in total. The molecule has 0 radical (unpaired) electrons. The van der Waals surface area contributed by atoms with Crippen LogP contribution in [0.5, 0.6) is 5.75 Å². The number of anilines is 1. The third-order valence-electron chi connectivity index (χ3n) is 4.66. The number of aliphatic hydroxyl groups excluding tert-OH is 1. The van der Waals surface area contributed by atoms with E-state index in [1.165, 1.54) is 0 Å². The lowest BCUT2D eigenvalue weighted by molar-refractivity contribution is 0.276. The minimum atomic E-state index is 0.162. The molecule has 1 aromatic carbocycles. The number of benzene rings is 1. The molecule has 0 bridgehead atoms. The number of fused-ring (bicyclic) bond motifs is 1. The van der Waals surface area contributed by atoms with Gasteiger partial charge < -0.3 is 19.7 Å². The fourth-order valence-electron chi connectivity index (χ4n) is 3.41. The van der Waals surface area contributed by atoms with E-state index in [1.807, 2.05) is 37.4 Å². The Morgan fingerprint density at radius 3 is 2.81 bits per heavy atom. The number of nitrogens with zero attached hydrogens (tertiary/aromatic N) is 3. The van der Waals surface area contributed by atoms with Crippen LogP contribution in [0.3, 0.4) is 0 Å². The zero-order chi connectivity index (χ0) is 19.2. The minimum absolute atomic E-state index is 0.162. The maximum atomic E-state index is 9.38. The molecule has 144 valence electrons. The van der Waals surface area contributed by atoms with Crippen molar-refractivity contribution in [3.8, 4) is 5.75 Å². The van der Waals surface area contributed by atoms with Crippen LogP contribution in [0.2, 0.25) is 0 Å². The predicted molar refractivity (Wildman–Crippen MR) is 108 cm³/mol. The van der Waals surface area contributed by atoms with Gasteiger partial charge in [-0.2, -0.15) is 0 Å². The van der Waals surface area contributed by atoms with E-state index in [4.69, 9.17) is 4.74 Å². The highest BCUT2D eigenvalue weighted by Crippen LogP contribution is 2.25. The molecule has 0 amide bonds. The fourth-order valence-corrected chi connectivity index (χ4v) is 3.41. The van der Waals surface area contributed by atoms with Crippen LogP contribution in [0.1, 0.15) is 37.6 Å². The topological polar surface area (TPSA) is 72.2 Å². The van der Waals surface area contributed by atoms with Crippen LogP contribution in [0.25, 0.3) is 11.0 Å². The molecule has 3 rings (SSSR count). The van der Waals surface area contributed by atoms with Crippen LogP contribution in [-0.2, 0) is 6.54 Å². The Morgan fingerprint density at radius 1 is 1.22 bits per heavy atom. The predicted octanol–water partition coefficient (Wildman–Crippen LogP) is 3.76. The number of hydrogen-bond acceptors (Lipinski definition) is 5. The highest BCUT2D eigenvalue weighted by molar-refractivity contribution is 5.86. The lowest BCUT2D eigenvalue weighted by Crippen LogP contribution is -2.22. The Balaban J connectivity index is 1.96. The number of nitrogens with one attached hydrogen (secondary N) is 1. The van der Waals surface area contributed by atoms with Crippen molar-refractivity contribution >= 4 is 16.9 Å². The molecule has 2 N–H and O–H groups in total. The Bertz CT molecular complexity index is 885. The number of rotatable bonds is 9. The number of hydrogen-bond donors (Lipinski definition) is 2. The first-order valence-corrected chi connectivity index (χ1v) is 9.48. The maximum Gasteiger partial charge on any atom is 0.154 e. The van der Waals surface area contributed by atoms with Gasteiger partial charge in [-0.1, -0.05) is 25.5 Å². The van der Waals surface area contributed by atoms with Crippen LogP contribution in [0.15, 0.2) is 36.5 Å². The van der Waals surface area contributed by atoms with Crippen molar-refractivity contribution in [3.63, 3.8) is 0 Å². The Labute approximate surface area is 160 Å². The van der Waals surface area contributed by atoms with Gasteiger partial charge in [0.2, 0.25) is 0 Å². The standard InChI is InChI=1S/C21H28N4O2/c1-4-6-17(10-12-26)24-21-20-19(22-15(2)23-21)9-11-25(20)14-16-7-5-8-18(13-16)27-3/h5,7-9,11,13,17,26H,4,6,10,12,14H2,1-3H3,(H,22,23,24)/t17-/m0/s1. The van der Waals surface area contributed by atoms with Crippen molar-refractivity contribution in [2.45, 2.75) is 45.7 Å². The third kappa shape index (κ3) is 4.57. The monoisotopic (exact) mass is 368 g/mol. The molecule has 0 saturated heterocycles. The zero-order valence-electron chi connectivity index (χ0n) is 16.3. The number of aromatic nitrogens is 3. The van der Waals surface area contributed by atoms with Crippen molar-refractivity contribution in [2.75, 3.05) is 19.0 Å². The Kier molecular flexibility index (Phi) is 6.29. The lowest BCUT2D eigenvalue weighted by Gasteiger charge is -2.19. The second-order valence-corrected chi connectivity index (χ2v) is 6.79. The van der Waals surface area contributed by atoms with Crippen molar-refractivity contribution in [1.82, 2.24) is 14.5 Å². The van der Waals surface area contributed by atoms with E-state index < -0.39 is 0 Å². The Morgan fingerprint density at radius 2 is 2.07 bits per heavy atom. The molecule has 2 heterocycles. The second kappa shape index (κ2) is 8.86. The first-order valence-electron chi connectivity index (χ1n) is 9.48. The molecule has 0 unspecified atom stereocenters. The summed E-state index contributed by atoms with van der Waals surface area (Å²) in [5.41, 5.74) is 3.06. The average molecular weight is 368 g/mol. The molecule has 0 aliphatic carbocycles. The van der Waals surface area contributed by atoms with Gasteiger partial charge in [0.1, 0.15) is 17.1 Å². The van der Waals surface area contributed by atoms with E-state index in [2.05, 4.69) is 32.8 Å². The van der Waals surface area contributed by atoms with Gasteiger partial charge >= 0.3 is 0 Å². The first kappa shape index (κ1) is 19.2. The molecule has 27 heavy (non-hydrogen) atoms. The van der Waals surface area contributed by atoms with Crippen LogP contribution in [0.4, 0.5) is 5.82 Å². The van der Waals surface area contributed by atoms with Gasteiger partial charge in [-0.25, -0.2) is 9.97 Å². The summed E-state index contributed by atoms with van der Waals surface area (Å²) >= 11 is 0. The smallest absolute Gasteiger partial charge is 0.154 e. The summed E-state index contributed by atoms with van der Waals surface area (Å²) in [7, 11) is 1.68. The quantitative estimate of drug-likeness (QED) is 0.602. The summed E-state index contributed by atoms with van der Waals surface area (Å²) in [6.07, 6.45) is 4.79. The molecule has 0 aliphatic heterocycles. The largest absolute Gasteiger partial charge is 0.497 e. The summed E-state index contributed by atoms with van der Waals surface area (Å²) in [5.74, 6) is 2.42. The van der Waals surface area contributed by atoms with E-state index in [-0.39, 0.29) is 12.6 Å². The number of aliphatic hydroxyl groups is 1. The summed E-state index contributed by atoms with van der Waals surface area (Å²) in [5, 5.41) is 12.9. The summed E-state index contributed by atoms with van der Waals surface area (Å²) in [4.78, 5) is 9.25. The molecule has 3 aromatic rings. The van der Waals surface area contributed by atoms with E-state index in [9.17, 15) is 5.11 Å². The summed E-state index contributed by atoms with van der Waals surface area (Å²) in [6.45, 7) is 4.93. The van der Waals surface area contributed by atoms with E-state index in [0.29, 0.717) is 13.0 Å². The molecule has 1 atom stereocenters. The molecule has 0 saturated carbocycles. The minimum Gasteiger partial charge on any atom is -0.497 e. The molecule has 0 spiro atoms. The highest BCUT2D eigenvalue weighted by atomic mass is 16.5. The van der Waals surface area contributed by atoms with Gasteiger partial charge in [0.25, 0.3) is 0 Å². The number of aryl methyl sites for hydroxylation is 1. The van der Waals surface area contributed by atoms with Crippen LogP contribution >= 0.6 is 0 Å². The molecule has 0 fully saturated rings. The fraction of sp³-hybridized carbons (Fsp3) is 0.429. The van der Waals surface area contributed by atoms with Gasteiger partial charge in [-0.05, 0) is 43.5 Å². The number of ether oxygens (including phenoxy) is 1. The van der Waals surface area contributed by atoms with E-state index in [1.54, 1.807) is 7.11 Å². The SMILES string of the molecule is CCC[C@@H](CCO)Nc1nc(C)nc2ccn(Cc3cccc(OC)c3)c12. The van der Waals surface area contributed by atoms with Crippen molar-refractivity contribution in [2.24, 2.45) is 0 Å². The lowest BCUT2D eigenvalue weighted by atomic mass is 10.1. The highest BCUT2D eigenvalue weighted by Gasteiger charge is 2.15. The van der Waals surface area contributed by atoms with Gasteiger partial charge in [0.05, 0.1) is 12.6 Å². The van der Waals surface area contributed by atoms with E-state index >= 15 is 0 Å². The molecule has 2 aromatic heterocycles. The summed E-state index contributed by atoms with van der Waals surface area (Å²) in [6, 6.07) is 10.3. The van der Waals surface area contributed by atoms with Crippen LogP contribution in [-0.4, -0.2) is 39.4 Å². The normalized spacial score (nSPS) is 12.3. The average Bonchev–Trinajstić information content (AvgIpc) is 3.05. The van der Waals surface area contributed by atoms with Gasteiger partial charge in [-0.3, -0.25) is 0 Å².